The molecule has 0 fully saturated rings. The molecule has 5 heteroatoms. The number of methoxy groups -OCH3 is 1. The van der Waals surface area contributed by atoms with Crippen LogP contribution in [0.3, 0.4) is 0 Å². The Hall–Kier alpha value is -1.07. The van der Waals surface area contributed by atoms with Crippen molar-refractivity contribution in [3.63, 3.8) is 0 Å². The van der Waals surface area contributed by atoms with E-state index in [2.05, 4.69) is 5.32 Å². The van der Waals surface area contributed by atoms with Crippen molar-refractivity contribution >= 4 is 17.7 Å². The Morgan fingerprint density at radius 3 is 2.67 bits per heavy atom. The average Bonchev–Trinajstić information content (AvgIpc) is 2.40. The van der Waals surface area contributed by atoms with Gasteiger partial charge in [0.25, 0.3) is 0 Å². The molecule has 0 unspecified atom stereocenters. The number of hydrogen-bond donors (Lipinski definition) is 1. The second-order valence-electron chi connectivity index (χ2n) is 3.86. The van der Waals surface area contributed by atoms with Gasteiger partial charge in [-0.25, -0.2) is 4.39 Å². The molecule has 0 heterocycles. The molecule has 0 aliphatic heterocycles. The SMILES string of the molecule is COC(=O)[C@H](CCSC)NCc1ccc(F)cc1. The third-order valence-corrected chi connectivity index (χ3v) is 3.21. The molecule has 1 aromatic carbocycles. The summed E-state index contributed by atoms with van der Waals surface area (Å²) < 4.78 is 17.5. The summed E-state index contributed by atoms with van der Waals surface area (Å²) in [5.74, 6) is 0.368. The molecule has 0 saturated heterocycles. The molecule has 1 rings (SSSR count). The number of nitrogens with one attached hydrogen (secondary N) is 1. The molecular formula is C13H18FNO2S. The van der Waals surface area contributed by atoms with Crippen molar-refractivity contribution in [1.29, 1.82) is 0 Å². The fraction of sp³-hybridized carbons (Fsp3) is 0.462. The number of carbonyl (C=O) groups excluding carboxylic acids is 1. The largest absolute Gasteiger partial charge is 0.468 e. The maximum Gasteiger partial charge on any atom is 0.322 e. The third-order valence-electron chi connectivity index (χ3n) is 2.56. The third kappa shape index (κ3) is 5.06. The second kappa shape index (κ2) is 8.11. The van der Waals surface area contributed by atoms with E-state index in [9.17, 15) is 9.18 Å². The van der Waals surface area contributed by atoms with Crippen molar-refractivity contribution in [2.24, 2.45) is 0 Å². The standard InChI is InChI=1S/C13H18FNO2S/c1-17-13(16)12(7-8-18-2)15-9-10-3-5-11(14)6-4-10/h3-6,12,15H,7-9H2,1-2H3/t12-/m0/s1. The molecule has 1 N–H and O–H groups in total. The second-order valence-corrected chi connectivity index (χ2v) is 4.85. The molecule has 0 radical (unpaired) electrons. The summed E-state index contributed by atoms with van der Waals surface area (Å²) in [6.07, 6.45) is 2.71. The number of halogens is 1. The Balaban J connectivity index is 2.50. The molecule has 0 bridgehead atoms. The van der Waals surface area contributed by atoms with Crippen LogP contribution in [0.25, 0.3) is 0 Å². The van der Waals surface area contributed by atoms with Crippen LogP contribution < -0.4 is 5.32 Å². The van der Waals surface area contributed by atoms with Gasteiger partial charge in [-0.05, 0) is 36.1 Å². The summed E-state index contributed by atoms with van der Waals surface area (Å²) >= 11 is 1.68. The van der Waals surface area contributed by atoms with E-state index in [0.717, 1.165) is 17.7 Å². The lowest BCUT2D eigenvalue weighted by atomic mass is 10.2. The topological polar surface area (TPSA) is 38.3 Å². The number of carbonyl (C=O) groups is 1. The number of rotatable bonds is 7. The lowest BCUT2D eigenvalue weighted by molar-refractivity contribution is -0.143. The Bertz CT molecular complexity index is 370. The van der Waals surface area contributed by atoms with Crippen LogP contribution in [0.15, 0.2) is 24.3 Å². The molecule has 0 amide bonds. The molecule has 0 saturated carbocycles. The Kier molecular flexibility index (Phi) is 6.75. The maximum absolute atomic E-state index is 12.7. The van der Waals surface area contributed by atoms with E-state index in [-0.39, 0.29) is 17.8 Å². The number of thioether (sulfide) groups is 1. The first kappa shape index (κ1) is 15.0. The van der Waals surface area contributed by atoms with Gasteiger partial charge in [-0.1, -0.05) is 12.1 Å². The molecule has 1 atom stereocenters. The maximum atomic E-state index is 12.7. The number of esters is 1. The Morgan fingerprint density at radius 1 is 1.44 bits per heavy atom. The van der Waals surface area contributed by atoms with Crippen molar-refractivity contribution in [2.75, 3.05) is 19.1 Å². The first-order chi connectivity index (χ1) is 8.67. The van der Waals surface area contributed by atoms with E-state index in [0.29, 0.717) is 6.54 Å². The van der Waals surface area contributed by atoms with E-state index in [1.54, 1.807) is 23.9 Å². The quantitative estimate of drug-likeness (QED) is 0.772. The van der Waals surface area contributed by atoms with Gasteiger partial charge < -0.3 is 10.1 Å². The Labute approximate surface area is 111 Å². The number of ether oxygens (including phenoxy) is 1. The average molecular weight is 271 g/mol. The highest BCUT2D eigenvalue weighted by molar-refractivity contribution is 7.98. The summed E-state index contributed by atoms with van der Waals surface area (Å²) in [5.41, 5.74) is 0.939. The molecule has 0 aliphatic rings. The van der Waals surface area contributed by atoms with Crippen molar-refractivity contribution in [3.8, 4) is 0 Å². The molecule has 0 aromatic heterocycles. The predicted molar refractivity (Wildman–Crippen MR) is 72.0 cm³/mol. The van der Waals surface area contributed by atoms with E-state index in [1.165, 1.54) is 19.2 Å². The lowest BCUT2D eigenvalue weighted by Crippen LogP contribution is -2.37. The summed E-state index contributed by atoms with van der Waals surface area (Å²) in [7, 11) is 1.38. The van der Waals surface area contributed by atoms with Gasteiger partial charge in [-0.3, -0.25) is 4.79 Å². The van der Waals surface area contributed by atoms with Gasteiger partial charge in [0.15, 0.2) is 0 Å². The fourth-order valence-electron chi connectivity index (χ4n) is 1.52. The summed E-state index contributed by atoms with van der Waals surface area (Å²) in [6.45, 7) is 0.522. The molecule has 1 aromatic rings. The predicted octanol–water partition coefficient (Wildman–Crippen LogP) is 2.21. The minimum Gasteiger partial charge on any atom is -0.468 e. The van der Waals surface area contributed by atoms with Crippen LogP contribution >= 0.6 is 11.8 Å². The zero-order valence-corrected chi connectivity index (χ0v) is 11.4. The van der Waals surface area contributed by atoms with E-state index >= 15 is 0 Å². The van der Waals surface area contributed by atoms with Gasteiger partial charge in [-0.15, -0.1) is 0 Å². The van der Waals surface area contributed by atoms with Crippen molar-refractivity contribution in [1.82, 2.24) is 5.32 Å². The highest BCUT2D eigenvalue weighted by Gasteiger charge is 2.17. The highest BCUT2D eigenvalue weighted by Crippen LogP contribution is 2.06. The van der Waals surface area contributed by atoms with Gasteiger partial charge in [0.1, 0.15) is 11.9 Å². The van der Waals surface area contributed by atoms with Crippen LogP contribution in [0, 0.1) is 5.82 Å². The Morgan fingerprint density at radius 2 is 2.11 bits per heavy atom. The lowest BCUT2D eigenvalue weighted by Gasteiger charge is -2.15. The molecule has 0 spiro atoms. The van der Waals surface area contributed by atoms with Crippen LogP contribution in [-0.4, -0.2) is 31.1 Å². The van der Waals surface area contributed by atoms with Crippen LogP contribution in [0.1, 0.15) is 12.0 Å². The summed E-state index contributed by atoms with van der Waals surface area (Å²) in [5, 5.41) is 3.13. The van der Waals surface area contributed by atoms with Crippen LogP contribution in [0.4, 0.5) is 4.39 Å². The van der Waals surface area contributed by atoms with E-state index in [4.69, 9.17) is 4.74 Å². The first-order valence-corrected chi connectivity index (χ1v) is 7.11. The van der Waals surface area contributed by atoms with Gasteiger partial charge >= 0.3 is 5.97 Å². The van der Waals surface area contributed by atoms with Gasteiger partial charge in [0.05, 0.1) is 7.11 Å². The van der Waals surface area contributed by atoms with Gasteiger partial charge in [0, 0.05) is 6.54 Å². The smallest absolute Gasteiger partial charge is 0.322 e. The molecule has 3 nitrogen and oxygen atoms in total. The number of hydrogen-bond acceptors (Lipinski definition) is 4. The first-order valence-electron chi connectivity index (χ1n) is 5.72. The van der Waals surface area contributed by atoms with Crippen LogP contribution in [-0.2, 0) is 16.1 Å². The van der Waals surface area contributed by atoms with Crippen LogP contribution in [0.2, 0.25) is 0 Å². The minimum absolute atomic E-state index is 0.258. The molecule has 0 aliphatic carbocycles. The fourth-order valence-corrected chi connectivity index (χ4v) is 2.00. The van der Waals surface area contributed by atoms with Crippen molar-refractivity contribution in [3.05, 3.63) is 35.6 Å². The van der Waals surface area contributed by atoms with Crippen molar-refractivity contribution in [2.45, 2.75) is 19.0 Å². The zero-order valence-electron chi connectivity index (χ0n) is 10.6. The van der Waals surface area contributed by atoms with E-state index in [1.807, 2.05) is 6.26 Å². The van der Waals surface area contributed by atoms with E-state index < -0.39 is 0 Å². The summed E-state index contributed by atoms with van der Waals surface area (Å²) in [4.78, 5) is 11.5. The monoisotopic (exact) mass is 271 g/mol. The molecule has 18 heavy (non-hydrogen) atoms. The normalized spacial score (nSPS) is 12.2. The molecule has 100 valence electrons. The van der Waals surface area contributed by atoms with Crippen molar-refractivity contribution < 1.29 is 13.9 Å². The molecular weight excluding hydrogens is 253 g/mol. The zero-order chi connectivity index (χ0) is 13.4. The van der Waals surface area contributed by atoms with Gasteiger partial charge in [0.2, 0.25) is 0 Å². The number of benzene rings is 1. The summed E-state index contributed by atoms with van der Waals surface area (Å²) in [6, 6.07) is 5.90. The highest BCUT2D eigenvalue weighted by atomic mass is 32.2. The van der Waals surface area contributed by atoms with Gasteiger partial charge in [-0.2, -0.15) is 11.8 Å². The minimum atomic E-state index is -0.312. The van der Waals surface area contributed by atoms with Crippen LogP contribution in [0.5, 0.6) is 0 Å².